The van der Waals surface area contributed by atoms with Crippen molar-refractivity contribution in [2.75, 3.05) is 44.8 Å². The molecule has 0 bridgehead atoms. The minimum absolute atomic E-state index is 0.00153. The standard InChI is InChI=1S/C33H44N6O5.C2HF3O2/c1-2-38-22-28(36-37-38)26-8-6-7-24(21-26)14-19-43-20-15-31(42)39(27-9-4-3-5-10-27)18-17-34-16-13-25-11-12-29(40)32-33(25)44-23-30(41)35-32;3-2(4,5)1(6)7/h6-8,11-12,21-22,27,34,40H,2-5,9-10,13-20,23H2,1H3,(H,35,41);(H,6,7). The summed E-state index contributed by atoms with van der Waals surface area (Å²) in [5.74, 6) is -2.36. The summed E-state index contributed by atoms with van der Waals surface area (Å²) in [5.41, 5.74) is 4.32. The molecule has 1 fully saturated rings. The third kappa shape index (κ3) is 12.0. The molecule has 1 aromatic heterocycles. The average molecular weight is 719 g/mol. The van der Waals surface area contributed by atoms with Crippen molar-refractivity contribution in [2.24, 2.45) is 0 Å². The first kappa shape index (κ1) is 39.1. The quantitative estimate of drug-likeness (QED) is 0.129. The van der Waals surface area contributed by atoms with Gasteiger partial charge >= 0.3 is 12.1 Å². The number of benzene rings is 2. The van der Waals surface area contributed by atoms with Crippen molar-refractivity contribution in [3.8, 4) is 22.8 Å². The van der Waals surface area contributed by atoms with Crippen LogP contribution in [0, 0.1) is 0 Å². The highest BCUT2D eigenvalue weighted by molar-refractivity contribution is 5.97. The fourth-order valence-electron chi connectivity index (χ4n) is 5.93. The topological polar surface area (TPSA) is 168 Å². The fraction of sp³-hybridized carbons (Fsp3) is 0.514. The van der Waals surface area contributed by atoms with E-state index >= 15 is 0 Å². The lowest BCUT2D eigenvalue weighted by molar-refractivity contribution is -0.192. The molecular weight excluding hydrogens is 673 g/mol. The lowest BCUT2D eigenvalue weighted by Gasteiger charge is -2.34. The van der Waals surface area contributed by atoms with Gasteiger partial charge in [0.2, 0.25) is 5.91 Å². The minimum Gasteiger partial charge on any atom is -0.506 e. The van der Waals surface area contributed by atoms with E-state index in [-0.39, 0.29) is 30.2 Å². The zero-order chi connectivity index (χ0) is 36.8. The summed E-state index contributed by atoms with van der Waals surface area (Å²) in [4.78, 5) is 35.9. The molecule has 2 aromatic carbocycles. The van der Waals surface area contributed by atoms with Crippen molar-refractivity contribution in [3.63, 3.8) is 0 Å². The number of fused-ring (bicyclic) bond motifs is 1. The SMILES string of the molecule is CCn1cc(-c2cccc(CCOCCC(=O)N(CCNCCc3ccc(O)c4c3OCC(=O)N4)C3CCCCC3)c2)nn1.O=C(O)C(F)(F)F. The number of rotatable bonds is 15. The smallest absolute Gasteiger partial charge is 0.490 e. The fourth-order valence-corrected chi connectivity index (χ4v) is 5.93. The molecule has 2 amide bonds. The van der Waals surface area contributed by atoms with Crippen molar-refractivity contribution in [3.05, 3.63) is 53.7 Å². The average Bonchev–Trinajstić information content (AvgIpc) is 3.61. The Morgan fingerprint density at radius 1 is 1.12 bits per heavy atom. The molecule has 0 saturated heterocycles. The number of halogens is 3. The van der Waals surface area contributed by atoms with Gasteiger partial charge in [-0.25, -0.2) is 4.79 Å². The second-order valence-corrected chi connectivity index (χ2v) is 12.2. The summed E-state index contributed by atoms with van der Waals surface area (Å²) in [6, 6.07) is 12.0. The molecule has 1 aliphatic carbocycles. The number of hydrogen-bond donors (Lipinski definition) is 4. The first-order chi connectivity index (χ1) is 24.5. The summed E-state index contributed by atoms with van der Waals surface area (Å²) >= 11 is 0. The molecule has 278 valence electrons. The van der Waals surface area contributed by atoms with Crippen LogP contribution in [0.25, 0.3) is 11.3 Å². The van der Waals surface area contributed by atoms with Gasteiger partial charge in [-0.15, -0.1) is 5.10 Å². The molecule has 4 N–H and O–H groups in total. The number of nitrogens with one attached hydrogen (secondary N) is 2. The van der Waals surface area contributed by atoms with Gasteiger partial charge in [0, 0.05) is 31.2 Å². The molecule has 0 radical (unpaired) electrons. The number of phenols is 1. The number of carboxylic acid groups (broad SMARTS) is 1. The van der Waals surface area contributed by atoms with Crippen LogP contribution in [0.1, 0.15) is 56.6 Å². The molecule has 0 atom stereocenters. The van der Waals surface area contributed by atoms with Gasteiger partial charge in [-0.3, -0.25) is 14.3 Å². The van der Waals surface area contributed by atoms with Crippen molar-refractivity contribution in [1.29, 1.82) is 0 Å². The number of aromatic hydroxyl groups is 1. The molecule has 2 aliphatic rings. The number of carbonyl (C=O) groups excluding carboxylic acids is 2. The Kier molecular flexibility index (Phi) is 14.6. The monoisotopic (exact) mass is 718 g/mol. The van der Waals surface area contributed by atoms with Crippen molar-refractivity contribution in [1.82, 2.24) is 25.2 Å². The maximum atomic E-state index is 13.3. The van der Waals surface area contributed by atoms with Crippen LogP contribution >= 0.6 is 0 Å². The summed E-state index contributed by atoms with van der Waals surface area (Å²) < 4.78 is 45.1. The molecule has 13 nitrogen and oxygen atoms in total. The number of anilines is 1. The lowest BCUT2D eigenvalue weighted by Crippen LogP contribution is -2.45. The minimum atomic E-state index is -5.08. The third-order valence-corrected chi connectivity index (χ3v) is 8.59. The number of phenolic OH excluding ortho intramolecular Hbond substituents is 1. The molecule has 16 heteroatoms. The van der Waals surface area contributed by atoms with Gasteiger partial charge in [0.15, 0.2) is 12.4 Å². The number of nitrogens with zero attached hydrogens (tertiary/aromatic N) is 4. The number of carbonyl (C=O) groups is 3. The number of aliphatic carboxylic acids is 1. The number of alkyl halides is 3. The Bertz CT molecular complexity index is 1610. The van der Waals surface area contributed by atoms with Crippen LogP contribution in [-0.4, -0.2) is 99.6 Å². The highest BCUT2D eigenvalue weighted by atomic mass is 19.4. The predicted molar refractivity (Wildman–Crippen MR) is 181 cm³/mol. The molecule has 1 saturated carbocycles. The Hall–Kier alpha value is -4.70. The maximum absolute atomic E-state index is 13.3. The predicted octanol–water partition coefficient (Wildman–Crippen LogP) is 4.58. The molecular formula is C35H45F3N6O7. The lowest BCUT2D eigenvalue weighted by atomic mass is 9.94. The van der Waals surface area contributed by atoms with Gasteiger partial charge in [-0.05, 0) is 62.4 Å². The van der Waals surface area contributed by atoms with E-state index in [1.165, 1.54) is 12.0 Å². The summed E-state index contributed by atoms with van der Waals surface area (Å²) in [5, 5.41) is 31.7. The highest BCUT2D eigenvalue weighted by Crippen LogP contribution is 2.39. The molecule has 51 heavy (non-hydrogen) atoms. The molecule has 0 spiro atoms. The van der Waals surface area contributed by atoms with Gasteiger partial charge in [0.1, 0.15) is 17.1 Å². The number of hydrogen-bond acceptors (Lipinski definition) is 9. The number of amides is 2. The largest absolute Gasteiger partial charge is 0.506 e. The van der Waals surface area contributed by atoms with E-state index in [0.717, 1.165) is 55.5 Å². The first-order valence-electron chi connectivity index (χ1n) is 17.1. The Balaban J connectivity index is 0.000000755. The van der Waals surface area contributed by atoms with Crippen LogP contribution in [0.15, 0.2) is 42.6 Å². The van der Waals surface area contributed by atoms with Gasteiger partial charge in [-0.1, -0.05) is 48.7 Å². The Morgan fingerprint density at radius 3 is 2.59 bits per heavy atom. The molecule has 5 rings (SSSR count). The van der Waals surface area contributed by atoms with E-state index in [0.29, 0.717) is 57.1 Å². The van der Waals surface area contributed by atoms with Gasteiger partial charge in [0.25, 0.3) is 5.91 Å². The van der Waals surface area contributed by atoms with E-state index in [4.69, 9.17) is 19.4 Å². The van der Waals surface area contributed by atoms with Crippen molar-refractivity contribution >= 4 is 23.5 Å². The van der Waals surface area contributed by atoms with Crippen molar-refractivity contribution in [2.45, 2.75) is 77.1 Å². The summed E-state index contributed by atoms with van der Waals surface area (Å²) in [6.07, 6.45) is 4.34. The van der Waals surface area contributed by atoms with Crippen LogP contribution in [-0.2, 0) is 38.5 Å². The van der Waals surface area contributed by atoms with E-state index in [9.17, 15) is 27.9 Å². The van der Waals surface area contributed by atoms with E-state index in [2.05, 4.69) is 38.0 Å². The van der Waals surface area contributed by atoms with Crippen LogP contribution in [0.4, 0.5) is 18.9 Å². The summed E-state index contributed by atoms with van der Waals surface area (Å²) in [7, 11) is 0. The third-order valence-electron chi connectivity index (χ3n) is 8.59. The van der Waals surface area contributed by atoms with Gasteiger partial charge < -0.3 is 35.2 Å². The summed E-state index contributed by atoms with van der Waals surface area (Å²) in [6.45, 7) is 5.74. The molecule has 3 aromatic rings. The van der Waals surface area contributed by atoms with E-state index < -0.39 is 12.1 Å². The zero-order valence-electron chi connectivity index (χ0n) is 28.6. The number of aryl methyl sites for hydroxylation is 1. The first-order valence-corrected chi connectivity index (χ1v) is 17.1. The number of aromatic nitrogens is 3. The van der Waals surface area contributed by atoms with E-state index in [1.54, 1.807) is 6.07 Å². The van der Waals surface area contributed by atoms with E-state index in [1.807, 2.05) is 36.0 Å². The Morgan fingerprint density at radius 2 is 1.88 bits per heavy atom. The normalized spacial score (nSPS) is 14.5. The van der Waals surface area contributed by atoms with Crippen LogP contribution in [0.3, 0.4) is 0 Å². The zero-order valence-corrected chi connectivity index (χ0v) is 28.6. The maximum Gasteiger partial charge on any atom is 0.490 e. The molecule has 2 heterocycles. The van der Waals surface area contributed by atoms with Crippen molar-refractivity contribution < 1.29 is 47.2 Å². The van der Waals surface area contributed by atoms with Crippen LogP contribution in [0.2, 0.25) is 0 Å². The Labute approximate surface area is 294 Å². The molecule has 0 unspecified atom stereocenters. The second kappa shape index (κ2) is 19.1. The highest BCUT2D eigenvalue weighted by Gasteiger charge is 2.38. The van der Waals surface area contributed by atoms with Gasteiger partial charge in [-0.2, -0.15) is 13.2 Å². The number of ether oxygens (including phenoxy) is 2. The van der Waals surface area contributed by atoms with Crippen LogP contribution in [0.5, 0.6) is 11.5 Å². The second-order valence-electron chi connectivity index (χ2n) is 12.2. The van der Waals surface area contributed by atoms with Crippen LogP contribution < -0.4 is 15.4 Å². The molecule has 1 aliphatic heterocycles. The van der Waals surface area contributed by atoms with Gasteiger partial charge in [0.05, 0.1) is 25.8 Å². The number of carboxylic acids is 1.